The van der Waals surface area contributed by atoms with Gasteiger partial charge in [-0.3, -0.25) is 0 Å². The Labute approximate surface area is 186 Å². The number of ether oxygens (including phenoxy) is 1. The van der Waals surface area contributed by atoms with Crippen molar-refractivity contribution in [3.63, 3.8) is 0 Å². The SMILES string of the molecule is Cc1cccc(-n2nc3c(c2Oc2ccnc(Nc4cccc(C#N)c4)c2)CCCC3)n1. The van der Waals surface area contributed by atoms with E-state index in [9.17, 15) is 0 Å². The largest absolute Gasteiger partial charge is 0.438 e. The van der Waals surface area contributed by atoms with E-state index in [1.165, 1.54) is 0 Å². The molecule has 7 nitrogen and oxygen atoms in total. The zero-order valence-electron chi connectivity index (χ0n) is 17.7. The molecule has 5 rings (SSSR count). The molecular formula is C25H22N6O. The molecule has 0 radical (unpaired) electrons. The molecule has 0 aliphatic heterocycles. The Morgan fingerprint density at radius 1 is 1.06 bits per heavy atom. The van der Waals surface area contributed by atoms with E-state index in [0.717, 1.165) is 54.1 Å². The Kier molecular flexibility index (Phi) is 5.26. The molecule has 3 heterocycles. The maximum absolute atomic E-state index is 9.12. The van der Waals surface area contributed by atoms with Crippen LogP contribution in [0.3, 0.4) is 0 Å². The second-order valence-electron chi connectivity index (χ2n) is 7.78. The van der Waals surface area contributed by atoms with E-state index >= 15 is 0 Å². The summed E-state index contributed by atoms with van der Waals surface area (Å²) in [5.74, 6) is 2.74. The first-order valence-electron chi connectivity index (χ1n) is 10.7. The summed E-state index contributed by atoms with van der Waals surface area (Å²) >= 11 is 0. The van der Waals surface area contributed by atoms with E-state index in [1.807, 2.05) is 54.1 Å². The average molecular weight is 422 g/mol. The first-order valence-corrected chi connectivity index (χ1v) is 10.7. The third-order valence-corrected chi connectivity index (χ3v) is 5.41. The first kappa shape index (κ1) is 19.8. The highest BCUT2D eigenvalue weighted by atomic mass is 16.5. The van der Waals surface area contributed by atoms with E-state index in [-0.39, 0.29) is 0 Å². The molecule has 0 atom stereocenters. The number of aromatic nitrogens is 4. The number of hydrogen-bond acceptors (Lipinski definition) is 6. The summed E-state index contributed by atoms with van der Waals surface area (Å²) in [6.45, 7) is 1.97. The van der Waals surface area contributed by atoms with Gasteiger partial charge >= 0.3 is 0 Å². The molecule has 0 saturated heterocycles. The third-order valence-electron chi connectivity index (χ3n) is 5.41. The highest BCUT2D eigenvalue weighted by Crippen LogP contribution is 2.35. The van der Waals surface area contributed by atoms with E-state index < -0.39 is 0 Å². The number of nitriles is 1. The Balaban J connectivity index is 1.48. The molecular weight excluding hydrogens is 400 g/mol. The summed E-state index contributed by atoms with van der Waals surface area (Å²) in [5, 5.41) is 17.2. The Morgan fingerprint density at radius 2 is 1.94 bits per heavy atom. The van der Waals surface area contributed by atoms with Gasteiger partial charge in [0.25, 0.3) is 0 Å². The van der Waals surface area contributed by atoms with Crippen LogP contribution in [0.15, 0.2) is 60.8 Å². The Bertz CT molecular complexity index is 1320. The molecule has 0 spiro atoms. The average Bonchev–Trinajstić information content (AvgIpc) is 3.18. The van der Waals surface area contributed by atoms with Gasteiger partial charge < -0.3 is 10.1 Å². The molecule has 1 N–H and O–H groups in total. The number of nitrogens with one attached hydrogen (secondary N) is 1. The van der Waals surface area contributed by atoms with Gasteiger partial charge in [-0.05, 0) is 69.0 Å². The number of fused-ring (bicyclic) bond motifs is 1. The lowest BCUT2D eigenvalue weighted by atomic mass is 9.98. The molecule has 7 heteroatoms. The van der Waals surface area contributed by atoms with E-state index in [2.05, 4.69) is 21.4 Å². The summed E-state index contributed by atoms with van der Waals surface area (Å²) in [6, 6.07) is 19.0. The molecule has 1 aromatic carbocycles. The van der Waals surface area contributed by atoms with Gasteiger partial charge in [0, 0.05) is 29.2 Å². The number of pyridine rings is 2. The minimum Gasteiger partial charge on any atom is -0.438 e. The predicted molar refractivity (Wildman–Crippen MR) is 121 cm³/mol. The van der Waals surface area contributed by atoms with E-state index in [4.69, 9.17) is 15.1 Å². The maximum Gasteiger partial charge on any atom is 0.227 e. The van der Waals surface area contributed by atoms with Crippen LogP contribution in [0.5, 0.6) is 11.6 Å². The Morgan fingerprint density at radius 3 is 2.81 bits per heavy atom. The number of anilines is 2. The number of benzene rings is 1. The lowest BCUT2D eigenvalue weighted by molar-refractivity contribution is 0.436. The fourth-order valence-corrected chi connectivity index (χ4v) is 3.90. The van der Waals surface area contributed by atoms with Gasteiger partial charge in [-0.15, -0.1) is 0 Å². The number of nitrogens with zero attached hydrogens (tertiary/aromatic N) is 5. The quantitative estimate of drug-likeness (QED) is 0.472. The molecule has 1 aliphatic rings. The minimum atomic E-state index is 0.587. The maximum atomic E-state index is 9.12. The normalized spacial score (nSPS) is 12.6. The van der Waals surface area contributed by atoms with Crippen molar-refractivity contribution in [1.29, 1.82) is 5.26 Å². The molecule has 3 aromatic heterocycles. The van der Waals surface area contributed by atoms with Crippen molar-refractivity contribution in [2.24, 2.45) is 0 Å². The molecule has 0 saturated carbocycles. The third kappa shape index (κ3) is 4.03. The molecule has 0 amide bonds. The van der Waals surface area contributed by atoms with Gasteiger partial charge in [0.2, 0.25) is 5.88 Å². The smallest absolute Gasteiger partial charge is 0.227 e. The highest BCUT2D eigenvalue weighted by Gasteiger charge is 2.24. The number of rotatable bonds is 5. The van der Waals surface area contributed by atoms with Gasteiger partial charge in [0.1, 0.15) is 11.6 Å². The van der Waals surface area contributed by atoms with Crippen LogP contribution in [-0.2, 0) is 12.8 Å². The zero-order chi connectivity index (χ0) is 21.9. The summed E-state index contributed by atoms with van der Waals surface area (Å²) in [7, 11) is 0. The van der Waals surface area contributed by atoms with Crippen molar-refractivity contribution >= 4 is 11.5 Å². The van der Waals surface area contributed by atoms with Gasteiger partial charge in [0.15, 0.2) is 5.82 Å². The topological polar surface area (TPSA) is 88.6 Å². The summed E-state index contributed by atoms with van der Waals surface area (Å²) in [5.41, 5.74) is 4.53. The lowest BCUT2D eigenvalue weighted by Gasteiger charge is -2.14. The van der Waals surface area contributed by atoms with Gasteiger partial charge in [-0.1, -0.05) is 12.1 Å². The van der Waals surface area contributed by atoms with Crippen LogP contribution >= 0.6 is 0 Å². The van der Waals surface area contributed by atoms with E-state index in [0.29, 0.717) is 23.0 Å². The summed E-state index contributed by atoms with van der Waals surface area (Å²) in [6.07, 6.45) is 5.84. The van der Waals surface area contributed by atoms with Crippen LogP contribution in [0.1, 0.15) is 35.4 Å². The van der Waals surface area contributed by atoms with Crippen LogP contribution < -0.4 is 10.1 Å². The van der Waals surface area contributed by atoms with Crippen molar-refractivity contribution in [2.45, 2.75) is 32.6 Å². The second-order valence-corrected chi connectivity index (χ2v) is 7.78. The standard InChI is InChI=1S/C25H22N6O/c1-17-6-4-11-24(28-17)31-25(21-9-2-3-10-22(21)30-31)32-20-12-13-27-23(15-20)29-19-8-5-7-18(14-19)16-26/h4-8,11-15H,2-3,9-10H2,1H3,(H,27,29). The number of hydrogen-bond donors (Lipinski definition) is 1. The van der Waals surface area contributed by atoms with Crippen LogP contribution in [-0.4, -0.2) is 19.7 Å². The first-order chi connectivity index (χ1) is 15.7. The molecule has 0 fully saturated rings. The van der Waals surface area contributed by atoms with E-state index in [1.54, 1.807) is 18.3 Å². The van der Waals surface area contributed by atoms with Crippen LogP contribution in [0.2, 0.25) is 0 Å². The summed E-state index contributed by atoms with van der Waals surface area (Å²) < 4.78 is 8.21. The Hall–Kier alpha value is -4.18. The summed E-state index contributed by atoms with van der Waals surface area (Å²) in [4.78, 5) is 9.04. The molecule has 158 valence electrons. The molecule has 32 heavy (non-hydrogen) atoms. The molecule has 0 unspecified atom stereocenters. The van der Waals surface area contributed by atoms with Crippen molar-refractivity contribution in [3.05, 3.63) is 83.3 Å². The molecule has 4 aromatic rings. The van der Waals surface area contributed by atoms with Gasteiger partial charge in [-0.2, -0.15) is 15.0 Å². The molecule has 1 aliphatic carbocycles. The molecule has 0 bridgehead atoms. The fourth-order valence-electron chi connectivity index (χ4n) is 3.90. The van der Waals surface area contributed by atoms with Crippen LogP contribution in [0, 0.1) is 18.3 Å². The van der Waals surface area contributed by atoms with Crippen molar-refractivity contribution in [2.75, 3.05) is 5.32 Å². The lowest BCUT2D eigenvalue weighted by Crippen LogP contribution is -2.04. The van der Waals surface area contributed by atoms with Crippen molar-refractivity contribution < 1.29 is 4.74 Å². The zero-order valence-corrected chi connectivity index (χ0v) is 17.7. The number of aryl methyl sites for hydroxylation is 2. The van der Waals surface area contributed by atoms with Crippen LogP contribution in [0.4, 0.5) is 11.5 Å². The van der Waals surface area contributed by atoms with Crippen molar-refractivity contribution in [1.82, 2.24) is 19.7 Å². The van der Waals surface area contributed by atoms with Gasteiger partial charge in [0.05, 0.1) is 17.3 Å². The highest BCUT2D eigenvalue weighted by molar-refractivity contribution is 5.59. The second kappa shape index (κ2) is 8.52. The van der Waals surface area contributed by atoms with Gasteiger partial charge in [-0.25, -0.2) is 9.97 Å². The predicted octanol–water partition coefficient (Wildman–Crippen LogP) is 5.26. The minimum absolute atomic E-state index is 0.587. The van der Waals surface area contributed by atoms with Crippen LogP contribution in [0.25, 0.3) is 5.82 Å². The monoisotopic (exact) mass is 422 g/mol. The van der Waals surface area contributed by atoms with Crippen molar-refractivity contribution in [3.8, 4) is 23.5 Å². The fraction of sp³-hybridized carbons (Fsp3) is 0.200.